The Labute approximate surface area is 140 Å². The molecule has 0 amide bonds. The topological polar surface area (TPSA) is 113 Å². The van der Waals surface area contributed by atoms with Crippen molar-refractivity contribution in [3.63, 3.8) is 0 Å². The number of anilines is 1. The molecule has 1 aliphatic heterocycles. The number of ketones is 2. The molecule has 1 aromatic carbocycles. The van der Waals surface area contributed by atoms with Crippen LogP contribution in [-0.4, -0.2) is 49.3 Å². The summed E-state index contributed by atoms with van der Waals surface area (Å²) in [4.78, 5) is 25.8. The summed E-state index contributed by atoms with van der Waals surface area (Å²) in [7, 11) is 0. The Bertz CT molecular complexity index is 738. The van der Waals surface area contributed by atoms with E-state index in [1.165, 1.54) is 0 Å². The molecule has 6 N–H and O–H groups in total. The first-order chi connectivity index (χ1) is 11.7. The lowest BCUT2D eigenvalue weighted by Gasteiger charge is -2.30. The maximum absolute atomic E-state index is 13.0. The number of hydrazine groups is 1. The van der Waals surface area contributed by atoms with Gasteiger partial charge in [0.25, 0.3) is 0 Å². The molecule has 0 bridgehead atoms. The summed E-state index contributed by atoms with van der Waals surface area (Å²) in [6.45, 7) is 2.39. The zero-order chi connectivity index (χ0) is 17.1. The molecule has 0 saturated carbocycles. The third-order valence-electron chi connectivity index (χ3n) is 4.05. The van der Waals surface area contributed by atoms with E-state index in [0.29, 0.717) is 60.7 Å². The first kappa shape index (κ1) is 16.4. The van der Waals surface area contributed by atoms with Crippen LogP contribution in [-0.2, 0) is 0 Å². The van der Waals surface area contributed by atoms with E-state index in [1.54, 1.807) is 35.5 Å². The van der Waals surface area contributed by atoms with Gasteiger partial charge in [0, 0.05) is 54.8 Å². The molecule has 1 aromatic rings. The number of nitrogens with two attached hydrogens (primary N) is 2. The molecule has 0 aromatic heterocycles. The first-order valence-electron chi connectivity index (χ1n) is 7.95. The molecule has 24 heavy (non-hydrogen) atoms. The smallest absolute Gasteiger partial charge is 0.194 e. The van der Waals surface area contributed by atoms with Crippen LogP contribution < -0.4 is 22.2 Å². The summed E-state index contributed by atoms with van der Waals surface area (Å²) < 4.78 is 0. The Hall–Kier alpha value is -2.48. The number of Topliss-reactive ketones (excluding diaryl/α,β-unsaturated/α-hetero) is 2. The number of hydrogen-bond acceptors (Lipinski definition) is 7. The molecule has 1 heterocycles. The molecule has 7 heteroatoms. The van der Waals surface area contributed by atoms with Gasteiger partial charge < -0.3 is 21.8 Å². The number of allylic oxidation sites excluding steroid dienone is 2. The van der Waals surface area contributed by atoms with Gasteiger partial charge in [-0.15, -0.1) is 0 Å². The van der Waals surface area contributed by atoms with Crippen LogP contribution in [0.4, 0.5) is 5.69 Å². The van der Waals surface area contributed by atoms with Crippen molar-refractivity contribution in [2.75, 3.05) is 38.0 Å². The Balaban J connectivity index is 1.95. The van der Waals surface area contributed by atoms with Crippen molar-refractivity contribution < 1.29 is 9.59 Å². The quantitative estimate of drug-likeness (QED) is 0.583. The summed E-state index contributed by atoms with van der Waals surface area (Å²) >= 11 is 0. The second-order valence-electron chi connectivity index (χ2n) is 5.63. The van der Waals surface area contributed by atoms with Crippen LogP contribution >= 0.6 is 0 Å². The summed E-state index contributed by atoms with van der Waals surface area (Å²) in [5.74, 6) is -0.241. The van der Waals surface area contributed by atoms with E-state index in [0.717, 1.165) is 0 Å². The first-order valence-corrected chi connectivity index (χ1v) is 7.95. The zero-order valence-corrected chi connectivity index (χ0v) is 13.3. The van der Waals surface area contributed by atoms with Gasteiger partial charge in [-0.2, -0.15) is 0 Å². The van der Waals surface area contributed by atoms with Crippen LogP contribution in [0.2, 0.25) is 0 Å². The van der Waals surface area contributed by atoms with Crippen LogP contribution in [0.3, 0.4) is 0 Å². The number of nitrogens with one attached hydrogen (secondary N) is 2. The fraction of sp³-hybridized carbons (Fsp3) is 0.294. The molecule has 0 radical (unpaired) electrons. The molecule has 0 unspecified atom stereocenters. The van der Waals surface area contributed by atoms with Crippen molar-refractivity contribution >= 4 is 17.3 Å². The van der Waals surface area contributed by atoms with Crippen molar-refractivity contribution in [2.24, 2.45) is 11.5 Å². The average molecular weight is 327 g/mol. The third-order valence-corrected chi connectivity index (χ3v) is 4.05. The van der Waals surface area contributed by atoms with Gasteiger partial charge in [0.2, 0.25) is 0 Å². The van der Waals surface area contributed by atoms with Crippen LogP contribution in [0.5, 0.6) is 0 Å². The van der Waals surface area contributed by atoms with Crippen molar-refractivity contribution in [1.82, 2.24) is 10.4 Å². The predicted octanol–water partition coefficient (Wildman–Crippen LogP) is 0.0254. The van der Waals surface area contributed by atoms with Crippen molar-refractivity contribution in [3.05, 3.63) is 52.7 Å². The maximum Gasteiger partial charge on any atom is 0.194 e. The number of benzene rings is 1. The highest BCUT2D eigenvalue weighted by Crippen LogP contribution is 2.33. The molecular formula is C17H21N5O2. The van der Waals surface area contributed by atoms with Gasteiger partial charge in [0.15, 0.2) is 11.6 Å². The maximum atomic E-state index is 13.0. The highest BCUT2D eigenvalue weighted by Gasteiger charge is 2.34. The van der Waals surface area contributed by atoms with E-state index < -0.39 is 0 Å². The lowest BCUT2D eigenvalue weighted by atomic mass is 9.82. The Morgan fingerprint density at radius 2 is 1.88 bits per heavy atom. The van der Waals surface area contributed by atoms with Gasteiger partial charge in [-0.3, -0.25) is 9.59 Å². The molecule has 7 nitrogen and oxygen atoms in total. The Kier molecular flexibility index (Phi) is 4.75. The fourth-order valence-corrected chi connectivity index (χ4v) is 2.93. The molecular weight excluding hydrogens is 306 g/mol. The second-order valence-corrected chi connectivity index (χ2v) is 5.63. The summed E-state index contributed by atoms with van der Waals surface area (Å²) in [6, 6.07) is 5.27. The van der Waals surface area contributed by atoms with Crippen LogP contribution in [0.25, 0.3) is 0 Å². The number of rotatable bonds is 6. The van der Waals surface area contributed by atoms with Gasteiger partial charge in [-0.25, -0.2) is 5.43 Å². The summed E-state index contributed by atoms with van der Waals surface area (Å²) in [6.07, 6.45) is 3.45. The molecule has 0 atom stereocenters. The number of carbonyl (C=O) groups is 2. The number of carbonyl (C=O) groups excluding carboxylic acids is 2. The second kappa shape index (κ2) is 6.96. The molecule has 0 spiro atoms. The van der Waals surface area contributed by atoms with Crippen LogP contribution in [0, 0.1) is 0 Å². The van der Waals surface area contributed by atoms with E-state index in [4.69, 9.17) is 11.5 Å². The Morgan fingerprint density at radius 3 is 2.62 bits per heavy atom. The Morgan fingerprint density at radius 1 is 1.08 bits per heavy atom. The van der Waals surface area contributed by atoms with Crippen molar-refractivity contribution in [3.8, 4) is 0 Å². The van der Waals surface area contributed by atoms with Crippen LogP contribution in [0.1, 0.15) is 20.7 Å². The van der Waals surface area contributed by atoms with E-state index in [2.05, 4.69) is 10.7 Å². The van der Waals surface area contributed by atoms with E-state index >= 15 is 0 Å². The molecule has 126 valence electrons. The van der Waals surface area contributed by atoms with E-state index in [1.807, 2.05) is 0 Å². The summed E-state index contributed by atoms with van der Waals surface area (Å²) in [5.41, 5.74) is 16.6. The highest BCUT2D eigenvalue weighted by atomic mass is 16.1. The molecule has 2 aliphatic rings. The number of fused-ring (bicyclic) bond motifs is 1. The monoisotopic (exact) mass is 327 g/mol. The average Bonchev–Trinajstić information content (AvgIpc) is 2.62. The number of hydrogen-bond donors (Lipinski definition) is 4. The van der Waals surface area contributed by atoms with Gasteiger partial charge in [-0.05, 0) is 12.1 Å². The minimum Gasteiger partial charge on any atom is -0.383 e. The van der Waals surface area contributed by atoms with Gasteiger partial charge in [0.05, 0.1) is 12.1 Å². The lowest BCUT2D eigenvalue weighted by Crippen LogP contribution is -2.42. The van der Waals surface area contributed by atoms with E-state index in [-0.39, 0.29) is 11.6 Å². The minimum absolute atomic E-state index is 0.120. The van der Waals surface area contributed by atoms with Crippen LogP contribution in [0.15, 0.2) is 41.6 Å². The molecule has 0 fully saturated rings. The molecule has 1 aliphatic carbocycles. The van der Waals surface area contributed by atoms with E-state index in [9.17, 15) is 9.59 Å². The minimum atomic E-state index is -0.122. The largest absolute Gasteiger partial charge is 0.383 e. The third kappa shape index (κ3) is 2.84. The normalized spacial score (nSPS) is 16.3. The number of nitrogens with zero attached hydrogens (tertiary/aromatic N) is 1. The van der Waals surface area contributed by atoms with Crippen molar-refractivity contribution in [1.29, 1.82) is 0 Å². The van der Waals surface area contributed by atoms with Crippen molar-refractivity contribution in [2.45, 2.75) is 0 Å². The SMILES string of the molecule is NCCNc1cccc2c1C(=O)C1=C(C=CN(NCCN)C1)C2=O. The molecule has 0 saturated heterocycles. The summed E-state index contributed by atoms with van der Waals surface area (Å²) in [5, 5.41) is 4.91. The highest BCUT2D eigenvalue weighted by molar-refractivity contribution is 6.30. The molecule has 3 rings (SSSR count). The van der Waals surface area contributed by atoms with Gasteiger partial charge in [0.1, 0.15) is 0 Å². The predicted molar refractivity (Wildman–Crippen MR) is 92.6 cm³/mol. The van der Waals surface area contributed by atoms with Gasteiger partial charge >= 0.3 is 0 Å². The lowest BCUT2D eigenvalue weighted by molar-refractivity contribution is 0.0966. The standard InChI is InChI=1S/C17H21N5O2/c18-5-7-20-14-3-1-2-12-15(14)17(24)13-10-22(21-8-6-19)9-4-11(13)16(12)23/h1-4,9,20-21H,5-8,10,18-19H2. The zero-order valence-electron chi connectivity index (χ0n) is 13.3. The fourth-order valence-electron chi connectivity index (χ4n) is 2.93. The van der Waals surface area contributed by atoms with Gasteiger partial charge in [-0.1, -0.05) is 12.1 Å².